The minimum atomic E-state index is -0.258. The molecule has 0 atom stereocenters. The van der Waals surface area contributed by atoms with Crippen LogP contribution < -0.4 is 10.2 Å². The molecule has 1 N–H and O–H groups in total. The van der Waals surface area contributed by atoms with E-state index < -0.39 is 0 Å². The van der Waals surface area contributed by atoms with Crippen molar-refractivity contribution in [3.05, 3.63) is 46.7 Å². The number of anilines is 2. The number of rotatable bonds is 5. The SMILES string of the molecule is CCN(CC)c1ncc(C(=O)Nc2ccc(C)c(Cl)c2)cn1. The lowest BCUT2D eigenvalue weighted by Gasteiger charge is -2.18. The molecule has 0 radical (unpaired) electrons. The highest BCUT2D eigenvalue weighted by Gasteiger charge is 2.10. The van der Waals surface area contributed by atoms with Gasteiger partial charge in [-0.25, -0.2) is 9.97 Å². The molecule has 1 aromatic carbocycles. The maximum absolute atomic E-state index is 12.2. The summed E-state index contributed by atoms with van der Waals surface area (Å²) in [5.41, 5.74) is 2.02. The number of halogens is 1. The lowest BCUT2D eigenvalue weighted by Crippen LogP contribution is -2.24. The quantitative estimate of drug-likeness (QED) is 0.916. The van der Waals surface area contributed by atoms with Crippen LogP contribution in [0.1, 0.15) is 29.8 Å². The summed E-state index contributed by atoms with van der Waals surface area (Å²) in [4.78, 5) is 22.7. The fourth-order valence-corrected chi connectivity index (χ4v) is 2.16. The number of nitrogens with zero attached hydrogens (tertiary/aromatic N) is 3. The smallest absolute Gasteiger partial charge is 0.258 e. The third kappa shape index (κ3) is 3.74. The molecule has 6 heteroatoms. The van der Waals surface area contributed by atoms with Crippen LogP contribution in [0.4, 0.5) is 11.6 Å². The molecule has 1 aromatic heterocycles. The third-order valence-electron chi connectivity index (χ3n) is 3.38. The average molecular weight is 319 g/mol. The zero-order valence-corrected chi connectivity index (χ0v) is 13.7. The molecule has 0 spiro atoms. The first kappa shape index (κ1) is 16.2. The summed E-state index contributed by atoms with van der Waals surface area (Å²) in [7, 11) is 0. The average Bonchev–Trinajstić information content (AvgIpc) is 2.53. The molecule has 1 amide bonds. The van der Waals surface area contributed by atoms with Crippen molar-refractivity contribution in [2.75, 3.05) is 23.3 Å². The normalized spacial score (nSPS) is 10.4. The molecule has 116 valence electrons. The van der Waals surface area contributed by atoms with Crippen LogP contribution in [-0.2, 0) is 0 Å². The van der Waals surface area contributed by atoms with Gasteiger partial charge in [0.2, 0.25) is 5.95 Å². The van der Waals surface area contributed by atoms with Crippen LogP contribution in [0, 0.1) is 6.92 Å². The van der Waals surface area contributed by atoms with Gasteiger partial charge in [0, 0.05) is 36.2 Å². The Morgan fingerprint density at radius 1 is 1.23 bits per heavy atom. The number of hydrogen-bond donors (Lipinski definition) is 1. The summed E-state index contributed by atoms with van der Waals surface area (Å²) in [5, 5.41) is 3.40. The van der Waals surface area contributed by atoms with Crippen LogP contribution in [0.5, 0.6) is 0 Å². The molecule has 0 aliphatic rings. The molecule has 0 bridgehead atoms. The van der Waals surface area contributed by atoms with Crippen molar-refractivity contribution in [2.24, 2.45) is 0 Å². The van der Waals surface area contributed by atoms with E-state index in [1.54, 1.807) is 6.07 Å². The minimum Gasteiger partial charge on any atom is -0.341 e. The van der Waals surface area contributed by atoms with Crippen molar-refractivity contribution < 1.29 is 4.79 Å². The minimum absolute atomic E-state index is 0.258. The number of aryl methyl sites for hydroxylation is 1. The van der Waals surface area contributed by atoms with E-state index in [1.165, 1.54) is 12.4 Å². The summed E-state index contributed by atoms with van der Waals surface area (Å²) < 4.78 is 0. The largest absolute Gasteiger partial charge is 0.341 e. The van der Waals surface area contributed by atoms with Gasteiger partial charge in [-0.05, 0) is 38.5 Å². The predicted molar refractivity (Wildman–Crippen MR) is 89.7 cm³/mol. The van der Waals surface area contributed by atoms with Gasteiger partial charge in [-0.2, -0.15) is 0 Å². The van der Waals surface area contributed by atoms with Gasteiger partial charge in [-0.1, -0.05) is 17.7 Å². The Kier molecular flexibility index (Phi) is 5.33. The molecule has 2 rings (SSSR count). The van der Waals surface area contributed by atoms with E-state index in [1.807, 2.05) is 37.8 Å². The highest BCUT2D eigenvalue weighted by molar-refractivity contribution is 6.31. The van der Waals surface area contributed by atoms with Crippen molar-refractivity contribution >= 4 is 29.1 Å². The topological polar surface area (TPSA) is 58.1 Å². The summed E-state index contributed by atoms with van der Waals surface area (Å²) in [6, 6.07) is 5.39. The maximum Gasteiger partial charge on any atom is 0.258 e. The van der Waals surface area contributed by atoms with Crippen molar-refractivity contribution in [1.29, 1.82) is 0 Å². The number of nitrogens with one attached hydrogen (secondary N) is 1. The molecular formula is C16H19ClN4O. The number of amides is 1. The first-order chi connectivity index (χ1) is 10.5. The Labute approximate surface area is 135 Å². The van der Waals surface area contributed by atoms with Crippen LogP contribution in [0.15, 0.2) is 30.6 Å². The second kappa shape index (κ2) is 7.22. The number of carbonyl (C=O) groups excluding carboxylic acids is 1. The van der Waals surface area contributed by atoms with Crippen molar-refractivity contribution in [3.8, 4) is 0 Å². The molecule has 0 aliphatic carbocycles. The number of aromatic nitrogens is 2. The van der Waals surface area contributed by atoms with Gasteiger partial charge in [0.05, 0.1) is 5.56 Å². The lowest BCUT2D eigenvalue weighted by atomic mass is 10.2. The van der Waals surface area contributed by atoms with Gasteiger partial charge in [0.15, 0.2) is 0 Å². The van der Waals surface area contributed by atoms with E-state index in [0.29, 0.717) is 22.2 Å². The second-order valence-corrected chi connectivity index (χ2v) is 5.27. The maximum atomic E-state index is 12.2. The summed E-state index contributed by atoms with van der Waals surface area (Å²) in [6.45, 7) is 7.63. The highest BCUT2D eigenvalue weighted by atomic mass is 35.5. The molecule has 0 saturated heterocycles. The Morgan fingerprint density at radius 3 is 2.41 bits per heavy atom. The molecule has 0 aliphatic heterocycles. The zero-order valence-electron chi connectivity index (χ0n) is 12.9. The van der Waals surface area contributed by atoms with E-state index >= 15 is 0 Å². The van der Waals surface area contributed by atoms with E-state index in [-0.39, 0.29) is 5.91 Å². The molecule has 0 fully saturated rings. The van der Waals surface area contributed by atoms with Crippen LogP contribution in [0.25, 0.3) is 0 Å². The summed E-state index contributed by atoms with van der Waals surface area (Å²) >= 11 is 6.05. The predicted octanol–water partition coefficient (Wildman–Crippen LogP) is 3.54. The summed E-state index contributed by atoms with van der Waals surface area (Å²) in [6.07, 6.45) is 3.07. The Hall–Kier alpha value is -2.14. The van der Waals surface area contributed by atoms with Gasteiger partial charge in [0.1, 0.15) is 0 Å². The van der Waals surface area contributed by atoms with E-state index in [0.717, 1.165) is 18.7 Å². The second-order valence-electron chi connectivity index (χ2n) is 4.86. The van der Waals surface area contributed by atoms with Crippen LogP contribution in [-0.4, -0.2) is 29.0 Å². The van der Waals surface area contributed by atoms with Crippen LogP contribution >= 0.6 is 11.6 Å². The number of hydrogen-bond acceptors (Lipinski definition) is 4. The number of benzene rings is 1. The Bertz CT molecular complexity index is 654. The Morgan fingerprint density at radius 2 is 1.86 bits per heavy atom. The fraction of sp³-hybridized carbons (Fsp3) is 0.312. The molecule has 22 heavy (non-hydrogen) atoms. The molecule has 2 aromatic rings. The fourth-order valence-electron chi connectivity index (χ4n) is 1.98. The van der Waals surface area contributed by atoms with Crippen molar-refractivity contribution in [3.63, 3.8) is 0 Å². The van der Waals surface area contributed by atoms with Gasteiger partial charge in [0.25, 0.3) is 5.91 Å². The number of carbonyl (C=O) groups is 1. The molecule has 1 heterocycles. The third-order valence-corrected chi connectivity index (χ3v) is 3.78. The van der Waals surface area contributed by atoms with Crippen LogP contribution in [0.3, 0.4) is 0 Å². The van der Waals surface area contributed by atoms with Crippen molar-refractivity contribution in [1.82, 2.24) is 9.97 Å². The molecule has 0 saturated carbocycles. The van der Waals surface area contributed by atoms with Crippen LogP contribution in [0.2, 0.25) is 5.02 Å². The first-order valence-corrected chi connectivity index (χ1v) is 7.57. The summed E-state index contributed by atoms with van der Waals surface area (Å²) in [5.74, 6) is 0.367. The first-order valence-electron chi connectivity index (χ1n) is 7.19. The standard InChI is InChI=1S/C16H19ClN4O/c1-4-21(5-2)16-18-9-12(10-19-16)15(22)20-13-7-6-11(3)14(17)8-13/h6-10H,4-5H2,1-3H3,(H,20,22). The van der Waals surface area contributed by atoms with E-state index in [2.05, 4.69) is 15.3 Å². The van der Waals surface area contributed by atoms with E-state index in [9.17, 15) is 4.79 Å². The monoisotopic (exact) mass is 318 g/mol. The van der Waals surface area contributed by atoms with Gasteiger partial charge in [-0.3, -0.25) is 4.79 Å². The van der Waals surface area contributed by atoms with Gasteiger partial charge in [-0.15, -0.1) is 0 Å². The zero-order chi connectivity index (χ0) is 16.1. The van der Waals surface area contributed by atoms with E-state index in [4.69, 9.17) is 11.6 Å². The van der Waals surface area contributed by atoms with Crippen molar-refractivity contribution in [2.45, 2.75) is 20.8 Å². The highest BCUT2D eigenvalue weighted by Crippen LogP contribution is 2.20. The molecular weight excluding hydrogens is 300 g/mol. The molecule has 0 unspecified atom stereocenters. The lowest BCUT2D eigenvalue weighted by molar-refractivity contribution is 0.102. The molecule has 5 nitrogen and oxygen atoms in total. The van der Waals surface area contributed by atoms with Gasteiger partial charge < -0.3 is 10.2 Å². The van der Waals surface area contributed by atoms with Gasteiger partial charge >= 0.3 is 0 Å². The Balaban J connectivity index is 2.11.